The Hall–Kier alpha value is -0.570. The van der Waals surface area contributed by atoms with Crippen molar-refractivity contribution in [1.29, 1.82) is 0 Å². The summed E-state index contributed by atoms with van der Waals surface area (Å²) in [4.78, 5) is 11.5. The Balaban J connectivity index is 2.01. The molecule has 15 heavy (non-hydrogen) atoms. The van der Waals surface area contributed by atoms with Gasteiger partial charge in [-0.05, 0) is 19.8 Å². The van der Waals surface area contributed by atoms with Gasteiger partial charge in [0.2, 0.25) is 0 Å². The Kier molecular flexibility index (Phi) is 5.69. The average molecular weight is 213 g/mol. The molecule has 0 radical (unpaired) electrons. The summed E-state index contributed by atoms with van der Waals surface area (Å²) in [5.41, 5.74) is 0. The first-order valence-corrected chi connectivity index (χ1v) is 6.15. The van der Waals surface area contributed by atoms with Crippen molar-refractivity contribution in [2.24, 2.45) is 5.92 Å². The molecular weight excluding hydrogens is 190 g/mol. The first-order valence-electron chi connectivity index (χ1n) is 6.15. The number of nitrogens with one attached hydrogen (secondary N) is 1. The van der Waals surface area contributed by atoms with Crippen molar-refractivity contribution in [2.75, 3.05) is 13.1 Å². The van der Waals surface area contributed by atoms with Crippen LogP contribution in [0, 0.1) is 5.92 Å². The van der Waals surface area contributed by atoms with Gasteiger partial charge >= 0.3 is 5.97 Å². The van der Waals surface area contributed by atoms with Gasteiger partial charge in [0.05, 0.1) is 12.0 Å². The molecule has 1 unspecified atom stereocenters. The largest absolute Gasteiger partial charge is 0.462 e. The van der Waals surface area contributed by atoms with E-state index < -0.39 is 0 Å². The van der Waals surface area contributed by atoms with E-state index in [1.165, 1.54) is 25.7 Å². The molecule has 1 atom stereocenters. The van der Waals surface area contributed by atoms with Crippen LogP contribution < -0.4 is 5.32 Å². The summed E-state index contributed by atoms with van der Waals surface area (Å²) in [6, 6.07) is 0. The quantitative estimate of drug-likeness (QED) is 0.520. The summed E-state index contributed by atoms with van der Waals surface area (Å²) < 4.78 is 5.36. The molecule has 88 valence electrons. The maximum atomic E-state index is 11.5. The van der Waals surface area contributed by atoms with E-state index in [4.69, 9.17) is 4.74 Å². The van der Waals surface area contributed by atoms with Gasteiger partial charge in [0.1, 0.15) is 0 Å². The number of ether oxygens (including phenoxy) is 1. The lowest BCUT2D eigenvalue weighted by molar-refractivity contribution is -0.155. The van der Waals surface area contributed by atoms with Gasteiger partial charge < -0.3 is 10.1 Å². The van der Waals surface area contributed by atoms with Crippen molar-refractivity contribution >= 4 is 5.97 Å². The lowest BCUT2D eigenvalue weighted by Crippen LogP contribution is -2.47. The normalized spacial score (nSPS) is 18.3. The van der Waals surface area contributed by atoms with Crippen LogP contribution in [0.3, 0.4) is 0 Å². The molecule has 0 aromatic heterocycles. The monoisotopic (exact) mass is 213 g/mol. The lowest BCUT2D eigenvalue weighted by atomic mass is 10.0. The number of hydrogen-bond donors (Lipinski definition) is 1. The zero-order valence-corrected chi connectivity index (χ0v) is 9.92. The maximum Gasteiger partial charge on any atom is 0.311 e. The van der Waals surface area contributed by atoms with Gasteiger partial charge in [0, 0.05) is 13.1 Å². The summed E-state index contributed by atoms with van der Waals surface area (Å²) in [5, 5.41) is 3.07. The van der Waals surface area contributed by atoms with Crippen molar-refractivity contribution in [1.82, 2.24) is 5.32 Å². The number of hydrogen-bond acceptors (Lipinski definition) is 3. The van der Waals surface area contributed by atoms with E-state index in [9.17, 15) is 4.79 Å². The molecule has 0 aromatic carbocycles. The molecular formula is C12H23NO2. The first kappa shape index (κ1) is 12.5. The van der Waals surface area contributed by atoms with Gasteiger partial charge in [-0.15, -0.1) is 0 Å². The van der Waals surface area contributed by atoms with Gasteiger partial charge in [-0.3, -0.25) is 4.79 Å². The van der Waals surface area contributed by atoms with Crippen LogP contribution in [0.15, 0.2) is 0 Å². The number of carbonyl (C=O) groups excluding carboxylic acids is 1. The maximum absolute atomic E-state index is 11.5. The van der Waals surface area contributed by atoms with E-state index in [0.717, 1.165) is 19.5 Å². The fourth-order valence-corrected chi connectivity index (χ4v) is 1.67. The predicted octanol–water partition coefficient (Wildman–Crippen LogP) is 2.11. The predicted molar refractivity (Wildman–Crippen MR) is 60.7 cm³/mol. The molecule has 0 spiro atoms. The topological polar surface area (TPSA) is 38.3 Å². The summed E-state index contributed by atoms with van der Waals surface area (Å²) in [5.74, 6) is 0.0971. The van der Waals surface area contributed by atoms with Gasteiger partial charge in [0.15, 0.2) is 0 Å². The van der Waals surface area contributed by atoms with Crippen LogP contribution in [0.5, 0.6) is 0 Å². The van der Waals surface area contributed by atoms with Crippen LogP contribution in [0.1, 0.15) is 46.0 Å². The third kappa shape index (κ3) is 4.65. The first-order chi connectivity index (χ1) is 7.24. The number of unbranched alkanes of at least 4 members (excludes halogenated alkanes) is 3. The molecule has 1 saturated heterocycles. The van der Waals surface area contributed by atoms with Crippen molar-refractivity contribution in [2.45, 2.75) is 52.1 Å². The second-order valence-electron chi connectivity index (χ2n) is 4.45. The minimum absolute atomic E-state index is 0.0169. The van der Waals surface area contributed by atoms with Crippen LogP contribution in [0.2, 0.25) is 0 Å². The SMILES string of the molecule is CCCCCCC(C)OC(=O)C1CNC1. The highest BCUT2D eigenvalue weighted by molar-refractivity contribution is 5.74. The molecule has 3 nitrogen and oxygen atoms in total. The van der Waals surface area contributed by atoms with Crippen molar-refractivity contribution in [3.63, 3.8) is 0 Å². The third-order valence-corrected chi connectivity index (χ3v) is 2.90. The molecule has 0 amide bonds. The Labute approximate surface area is 92.6 Å². The van der Waals surface area contributed by atoms with Crippen LogP contribution in [0.4, 0.5) is 0 Å². The fraction of sp³-hybridized carbons (Fsp3) is 0.917. The summed E-state index contributed by atoms with van der Waals surface area (Å²) in [7, 11) is 0. The molecule has 1 fully saturated rings. The van der Waals surface area contributed by atoms with E-state index >= 15 is 0 Å². The Morgan fingerprint density at radius 3 is 2.67 bits per heavy atom. The molecule has 0 aliphatic carbocycles. The number of esters is 1. The second-order valence-corrected chi connectivity index (χ2v) is 4.45. The van der Waals surface area contributed by atoms with E-state index in [1.807, 2.05) is 6.92 Å². The minimum Gasteiger partial charge on any atom is -0.462 e. The van der Waals surface area contributed by atoms with E-state index in [0.29, 0.717) is 0 Å². The highest BCUT2D eigenvalue weighted by atomic mass is 16.5. The van der Waals surface area contributed by atoms with E-state index in [-0.39, 0.29) is 18.0 Å². The van der Waals surface area contributed by atoms with Gasteiger partial charge in [0.25, 0.3) is 0 Å². The molecule has 3 heteroatoms. The van der Waals surface area contributed by atoms with Crippen molar-refractivity contribution in [3.8, 4) is 0 Å². The smallest absolute Gasteiger partial charge is 0.311 e. The highest BCUT2D eigenvalue weighted by Crippen LogP contribution is 2.12. The molecule has 1 rings (SSSR count). The standard InChI is InChI=1S/C12H23NO2/c1-3-4-5-6-7-10(2)15-12(14)11-8-13-9-11/h10-11,13H,3-9H2,1-2H3. The van der Waals surface area contributed by atoms with Crippen LogP contribution in [-0.2, 0) is 9.53 Å². The van der Waals surface area contributed by atoms with E-state index in [2.05, 4.69) is 12.2 Å². The fourth-order valence-electron chi connectivity index (χ4n) is 1.67. The zero-order valence-electron chi connectivity index (χ0n) is 9.92. The number of rotatable bonds is 7. The molecule has 1 N–H and O–H groups in total. The Morgan fingerprint density at radius 2 is 2.13 bits per heavy atom. The molecule has 1 heterocycles. The molecule has 0 bridgehead atoms. The molecule has 0 aromatic rings. The van der Waals surface area contributed by atoms with Gasteiger partial charge in [-0.2, -0.15) is 0 Å². The Bertz CT molecular complexity index is 190. The van der Waals surface area contributed by atoms with Crippen molar-refractivity contribution in [3.05, 3.63) is 0 Å². The highest BCUT2D eigenvalue weighted by Gasteiger charge is 2.27. The summed E-state index contributed by atoms with van der Waals surface area (Å²) >= 11 is 0. The van der Waals surface area contributed by atoms with Crippen LogP contribution in [0.25, 0.3) is 0 Å². The van der Waals surface area contributed by atoms with E-state index in [1.54, 1.807) is 0 Å². The minimum atomic E-state index is -0.0169. The third-order valence-electron chi connectivity index (χ3n) is 2.90. The summed E-state index contributed by atoms with van der Waals surface area (Å²) in [6.45, 7) is 5.78. The average Bonchev–Trinajstić information content (AvgIpc) is 2.09. The van der Waals surface area contributed by atoms with Gasteiger partial charge in [-0.1, -0.05) is 26.2 Å². The molecule has 1 aliphatic rings. The van der Waals surface area contributed by atoms with Crippen LogP contribution >= 0.6 is 0 Å². The summed E-state index contributed by atoms with van der Waals surface area (Å²) in [6.07, 6.45) is 6.06. The van der Waals surface area contributed by atoms with Gasteiger partial charge in [-0.25, -0.2) is 0 Å². The number of carbonyl (C=O) groups is 1. The molecule has 0 saturated carbocycles. The Morgan fingerprint density at radius 1 is 1.40 bits per heavy atom. The van der Waals surface area contributed by atoms with Crippen molar-refractivity contribution < 1.29 is 9.53 Å². The van der Waals surface area contributed by atoms with Crippen LogP contribution in [-0.4, -0.2) is 25.2 Å². The zero-order chi connectivity index (χ0) is 11.1. The second kappa shape index (κ2) is 6.83. The molecule has 1 aliphatic heterocycles. The lowest BCUT2D eigenvalue weighted by Gasteiger charge is -2.26.